The summed E-state index contributed by atoms with van der Waals surface area (Å²) in [4.78, 5) is 14.6. The average Bonchev–Trinajstić information content (AvgIpc) is 2.73. The Morgan fingerprint density at radius 2 is 1.74 bits per heavy atom. The zero-order valence-electron chi connectivity index (χ0n) is 16.2. The van der Waals surface area contributed by atoms with Gasteiger partial charge in [-0.25, -0.2) is 0 Å². The maximum atomic E-state index is 12.8. The summed E-state index contributed by atoms with van der Waals surface area (Å²) < 4.78 is 43.9. The van der Waals surface area contributed by atoms with Crippen molar-refractivity contribution in [3.8, 4) is 11.5 Å². The van der Waals surface area contributed by atoms with Crippen LogP contribution in [-0.2, 0) is 12.6 Å². The molecule has 0 N–H and O–H groups in total. The van der Waals surface area contributed by atoms with E-state index in [9.17, 15) is 23.3 Å². The summed E-state index contributed by atoms with van der Waals surface area (Å²) in [5, 5.41) is 11.3. The summed E-state index contributed by atoms with van der Waals surface area (Å²) >= 11 is 6.20. The molecule has 9 heteroatoms. The van der Waals surface area contributed by atoms with Gasteiger partial charge in [0.1, 0.15) is 5.75 Å². The van der Waals surface area contributed by atoms with Crippen LogP contribution in [0.15, 0.2) is 65.7 Å². The van der Waals surface area contributed by atoms with E-state index in [-0.39, 0.29) is 16.5 Å². The van der Waals surface area contributed by atoms with Gasteiger partial charge in [0, 0.05) is 12.3 Å². The molecule has 0 aliphatic heterocycles. The zero-order chi connectivity index (χ0) is 22.6. The number of nitro benzene ring substituents is 1. The van der Waals surface area contributed by atoms with Crippen molar-refractivity contribution in [1.82, 2.24) is 0 Å². The van der Waals surface area contributed by atoms with Crippen molar-refractivity contribution in [2.75, 3.05) is 0 Å². The van der Waals surface area contributed by atoms with Crippen LogP contribution in [0.1, 0.15) is 23.6 Å². The van der Waals surface area contributed by atoms with Crippen LogP contribution in [0.25, 0.3) is 0 Å². The number of alkyl halides is 3. The number of benzene rings is 3. The SMILES string of the molecule is CCc1ccc(N=Cc2ccc(Oc3ccc(C(F)(F)F)cc3[N+](=O)[O-])c(Cl)c2)cc1. The van der Waals surface area contributed by atoms with Crippen molar-refractivity contribution in [3.05, 3.63) is 92.5 Å². The van der Waals surface area contributed by atoms with E-state index in [4.69, 9.17) is 16.3 Å². The summed E-state index contributed by atoms with van der Waals surface area (Å²) in [7, 11) is 0. The number of hydrogen-bond acceptors (Lipinski definition) is 4. The van der Waals surface area contributed by atoms with E-state index >= 15 is 0 Å². The summed E-state index contributed by atoms with van der Waals surface area (Å²) in [5.41, 5.74) is 0.650. The molecule has 0 heterocycles. The van der Waals surface area contributed by atoms with Gasteiger partial charge in [0.2, 0.25) is 5.75 Å². The van der Waals surface area contributed by atoms with Gasteiger partial charge in [-0.15, -0.1) is 0 Å². The number of hydrogen-bond donors (Lipinski definition) is 0. The highest BCUT2D eigenvalue weighted by Gasteiger charge is 2.33. The second-order valence-corrected chi connectivity index (χ2v) is 6.91. The third kappa shape index (κ3) is 5.61. The van der Waals surface area contributed by atoms with Crippen LogP contribution in [-0.4, -0.2) is 11.1 Å². The van der Waals surface area contributed by atoms with E-state index in [1.54, 1.807) is 12.3 Å². The standard InChI is InChI=1S/C22H16ClF3N2O3/c1-2-14-3-7-17(8-4-14)27-13-15-5-9-20(18(23)11-15)31-21-10-6-16(22(24,25)26)12-19(21)28(29)30/h3-13H,2H2,1H3. The van der Waals surface area contributed by atoms with Crippen LogP contribution in [0.4, 0.5) is 24.5 Å². The lowest BCUT2D eigenvalue weighted by atomic mass is 10.1. The van der Waals surface area contributed by atoms with Gasteiger partial charge < -0.3 is 4.74 Å². The van der Waals surface area contributed by atoms with Gasteiger partial charge in [0.15, 0.2) is 0 Å². The Hall–Kier alpha value is -3.39. The molecule has 0 fully saturated rings. The van der Waals surface area contributed by atoms with E-state index < -0.39 is 22.4 Å². The van der Waals surface area contributed by atoms with Gasteiger partial charge in [-0.05, 0) is 60.0 Å². The van der Waals surface area contributed by atoms with Crippen molar-refractivity contribution in [2.45, 2.75) is 19.5 Å². The Kier molecular flexibility index (Phi) is 6.60. The molecule has 0 bridgehead atoms. The minimum absolute atomic E-state index is 0.0639. The zero-order valence-corrected chi connectivity index (χ0v) is 16.9. The van der Waals surface area contributed by atoms with Gasteiger partial charge in [0.05, 0.1) is 21.2 Å². The number of rotatable bonds is 6. The average molecular weight is 449 g/mol. The second kappa shape index (κ2) is 9.18. The quantitative estimate of drug-likeness (QED) is 0.224. The maximum absolute atomic E-state index is 12.8. The molecule has 0 aromatic heterocycles. The molecule has 0 aliphatic rings. The van der Waals surface area contributed by atoms with Crippen LogP contribution in [0, 0.1) is 10.1 Å². The fourth-order valence-electron chi connectivity index (χ4n) is 2.69. The summed E-state index contributed by atoms with van der Waals surface area (Å²) in [6.45, 7) is 2.06. The van der Waals surface area contributed by atoms with Gasteiger partial charge in [-0.2, -0.15) is 13.2 Å². The van der Waals surface area contributed by atoms with Crippen molar-refractivity contribution in [3.63, 3.8) is 0 Å². The number of ether oxygens (including phenoxy) is 1. The first kappa shape index (κ1) is 22.3. The topological polar surface area (TPSA) is 64.7 Å². The van der Waals surface area contributed by atoms with Crippen LogP contribution in [0.3, 0.4) is 0 Å². The van der Waals surface area contributed by atoms with E-state index in [2.05, 4.69) is 11.9 Å². The predicted molar refractivity (Wildman–Crippen MR) is 113 cm³/mol. The molecule has 31 heavy (non-hydrogen) atoms. The first-order valence-electron chi connectivity index (χ1n) is 9.13. The maximum Gasteiger partial charge on any atom is 0.416 e. The summed E-state index contributed by atoms with van der Waals surface area (Å²) in [6, 6.07) is 14.4. The highest BCUT2D eigenvalue weighted by molar-refractivity contribution is 6.32. The van der Waals surface area contributed by atoms with Gasteiger partial charge in [-0.1, -0.05) is 30.7 Å². The molecular formula is C22H16ClF3N2O3. The lowest BCUT2D eigenvalue weighted by Crippen LogP contribution is -2.06. The molecule has 0 saturated heterocycles. The van der Waals surface area contributed by atoms with Crippen molar-refractivity contribution in [1.29, 1.82) is 0 Å². The van der Waals surface area contributed by atoms with Gasteiger partial charge >= 0.3 is 11.9 Å². The lowest BCUT2D eigenvalue weighted by molar-refractivity contribution is -0.385. The monoisotopic (exact) mass is 448 g/mol. The number of halogens is 4. The van der Waals surface area contributed by atoms with Crippen LogP contribution in [0.5, 0.6) is 11.5 Å². The van der Waals surface area contributed by atoms with Crippen LogP contribution < -0.4 is 4.74 Å². The third-order valence-electron chi connectivity index (χ3n) is 4.37. The highest BCUT2D eigenvalue weighted by Crippen LogP contribution is 2.39. The Morgan fingerprint density at radius 3 is 2.32 bits per heavy atom. The van der Waals surface area contributed by atoms with Crippen LogP contribution in [0.2, 0.25) is 5.02 Å². The van der Waals surface area contributed by atoms with Gasteiger partial charge in [0.25, 0.3) is 0 Å². The van der Waals surface area contributed by atoms with E-state index in [0.717, 1.165) is 18.2 Å². The Morgan fingerprint density at radius 1 is 1.06 bits per heavy atom. The summed E-state index contributed by atoms with van der Waals surface area (Å²) in [5.74, 6) is -0.286. The third-order valence-corrected chi connectivity index (χ3v) is 4.66. The fourth-order valence-corrected chi connectivity index (χ4v) is 2.92. The molecule has 5 nitrogen and oxygen atoms in total. The second-order valence-electron chi connectivity index (χ2n) is 6.51. The van der Waals surface area contributed by atoms with E-state index in [1.807, 2.05) is 24.3 Å². The first-order chi connectivity index (χ1) is 14.7. The first-order valence-corrected chi connectivity index (χ1v) is 9.51. The van der Waals surface area contributed by atoms with Crippen molar-refractivity contribution in [2.24, 2.45) is 4.99 Å². The van der Waals surface area contributed by atoms with Crippen molar-refractivity contribution >= 4 is 29.2 Å². The molecule has 160 valence electrons. The molecule has 0 spiro atoms. The number of nitrogens with zero attached hydrogens (tertiary/aromatic N) is 2. The minimum atomic E-state index is -4.71. The Labute approximate surface area is 180 Å². The number of nitro groups is 1. The molecule has 0 atom stereocenters. The van der Waals surface area contributed by atoms with Crippen LogP contribution >= 0.6 is 11.6 Å². The predicted octanol–water partition coefficient (Wildman–Crippen LogP) is 7.37. The smallest absolute Gasteiger partial charge is 0.416 e. The highest BCUT2D eigenvalue weighted by atomic mass is 35.5. The van der Waals surface area contributed by atoms with Gasteiger partial charge in [-0.3, -0.25) is 15.1 Å². The molecule has 0 aliphatic carbocycles. The molecule has 0 radical (unpaired) electrons. The molecule has 0 amide bonds. The van der Waals surface area contributed by atoms with E-state index in [0.29, 0.717) is 17.7 Å². The Bertz CT molecular complexity index is 1130. The lowest BCUT2D eigenvalue weighted by Gasteiger charge is -2.11. The number of aryl methyl sites for hydroxylation is 1. The molecule has 3 aromatic carbocycles. The Balaban J connectivity index is 1.82. The normalized spacial score (nSPS) is 11.6. The molecule has 0 saturated carbocycles. The molecule has 3 aromatic rings. The fraction of sp³-hybridized carbons (Fsp3) is 0.136. The molecule has 3 rings (SSSR count). The molecule has 0 unspecified atom stereocenters. The van der Waals surface area contributed by atoms with Crippen molar-refractivity contribution < 1.29 is 22.8 Å². The largest absolute Gasteiger partial charge is 0.449 e. The minimum Gasteiger partial charge on any atom is -0.449 e. The summed E-state index contributed by atoms with van der Waals surface area (Å²) in [6.07, 6.45) is -2.19. The van der Waals surface area contributed by atoms with E-state index in [1.165, 1.54) is 17.7 Å². The molecular weight excluding hydrogens is 433 g/mol. The number of aliphatic imine (C=N–C) groups is 1.